The zero-order valence-electron chi connectivity index (χ0n) is 15.6. The van der Waals surface area contributed by atoms with Gasteiger partial charge in [0.1, 0.15) is 0 Å². The average molecular weight is 400 g/mol. The van der Waals surface area contributed by atoms with Crippen LogP contribution in [-0.2, 0) is 9.53 Å². The highest BCUT2D eigenvalue weighted by Crippen LogP contribution is 2.25. The molecule has 29 heavy (non-hydrogen) atoms. The lowest BCUT2D eigenvalue weighted by Crippen LogP contribution is -2.33. The van der Waals surface area contributed by atoms with Gasteiger partial charge in [0.15, 0.2) is 5.75 Å². The van der Waals surface area contributed by atoms with Crippen LogP contribution in [0.5, 0.6) is 5.75 Å². The van der Waals surface area contributed by atoms with Gasteiger partial charge < -0.3 is 15.2 Å². The molecule has 0 saturated carbocycles. The van der Waals surface area contributed by atoms with Gasteiger partial charge in [-0.15, -0.1) is 0 Å². The Balaban J connectivity index is 2.02. The number of ether oxygens (including phenoxy) is 1. The van der Waals surface area contributed by atoms with Gasteiger partial charge in [0.05, 0.1) is 30.2 Å². The summed E-state index contributed by atoms with van der Waals surface area (Å²) < 4.78 is 4.87. The van der Waals surface area contributed by atoms with E-state index in [0.29, 0.717) is 11.1 Å². The predicted molar refractivity (Wildman–Crippen MR) is 104 cm³/mol. The summed E-state index contributed by atoms with van der Waals surface area (Å²) in [5, 5.41) is 26.7. The number of hydrogen-bond acceptors (Lipinski definition) is 7. The molecule has 2 aromatic rings. The monoisotopic (exact) mass is 400 g/mol. The standard InChI is InChI=1S/C19H20N4O6/c1-2-29-19(26)21-15(14-6-4-3-5-7-14)11-18(25)22-20-12-13-8-9-17(24)16(10-13)23(27)28/h3-10,12,15,24H,2,11H2,1H3,(H,21,26)(H,22,25)/b20-12-/t15-/m1/s1. The van der Waals surface area contributed by atoms with Crippen molar-refractivity contribution < 1.29 is 24.4 Å². The highest BCUT2D eigenvalue weighted by Gasteiger charge is 2.19. The van der Waals surface area contributed by atoms with Crippen molar-refractivity contribution in [1.82, 2.24) is 10.7 Å². The van der Waals surface area contributed by atoms with Gasteiger partial charge in [-0.2, -0.15) is 5.10 Å². The molecule has 0 aliphatic carbocycles. The van der Waals surface area contributed by atoms with Crippen LogP contribution >= 0.6 is 0 Å². The predicted octanol–water partition coefficient (Wildman–Crippen LogP) is 2.63. The van der Waals surface area contributed by atoms with E-state index in [9.17, 15) is 24.8 Å². The van der Waals surface area contributed by atoms with Crippen LogP contribution in [0.4, 0.5) is 10.5 Å². The molecule has 152 valence electrons. The fourth-order valence-electron chi connectivity index (χ4n) is 2.43. The number of rotatable bonds is 8. The minimum absolute atomic E-state index is 0.101. The van der Waals surface area contributed by atoms with Gasteiger partial charge in [-0.3, -0.25) is 14.9 Å². The number of nitrogens with one attached hydrogen (secondary N) is 2. The lowest BCUT2D eigenvalue weighted by molar-refractivity contribution is -0.385. The Morgan fingerprint density at radius 2 is 2.00 bits per heavy atom. The summed E-state index contributed by atoms with van der Waals surface area (Å²) in [6, 6.07) is 12.0. The Kier molecular flexibility index (Phi) is 7.66. The molecule has 0 unspecified atom stereocenters. The summed E-state index contributed by atoms with van der Waals surface area (Å²) >= 11 is 0. The van der Waals surface area contributed by atoms with E-state index in [4.69, 9.17) is 4.74 Å². The Labute approximate surface area is 166 Å². The molecule has 0 aliphatic heterocycles. The van der Waals surface area contributed by atoms with E-state index in [1.165, 1.54) is 12.3 Å². The quantitative estimate of drug-likeness (QED) is 0.353. The molecule has 0 bridgehead atoms. The molecular weight excluding hydrogens is 380 g/mol. The number of nitro groups is 1. The Morgan fingerprint density at radius 1 is 1.28 bits per heavy atom. The van der Waals surface area contributed by atoms with E-state index in [0.717, 1.165) is 12.1 Å². The van der Waals surface area contributed by atoms with Crippen molar-refractivity contribution in [2.75, 3.05) is 6.61 Å². The molecule has 0 fully saturated rings. The fraction of sp³-hybridized carbons (Fsp3) is 0.211. The minimum atomic E-state index is -0.725. The fourth-order valence-corrected chi connectivity index (χ4v) is 2.43. The van der Waals surface area contributed by atoms with Crippen LogP contribution in [0, 0.1) is 10.1 Å². The Morgan fingerprint density at radius 3 is 2.66 bits per heavy atom. The lowest BCUT2D eigenvalue weighted by Gasteiger charge is -2.18. The van der Waals surface area contributed by atoms with Crippen LogP contribution in [-0.4, -0.2) is 34.9 Å². The highest BCUT2D eigenvalue weighted by atomic mass is 16.6. The average Bonchev–Trinajstić information content (AvgIpc) is 2.69. The van der Waals surface area contributed by atoms with Gasteiger partial charge in [-0.05, 0) is 24.6 Å². The first-order valence-electron chi connectivity index (χ1n) is 8.68. The molecule has 0 spiro atoms. The van der Waals surface area contributed by atoms with Gasteiger partial charge in [-0.1, -0.05) is 30.3 Å². The van der Waals surface area contributed by atoms with Gasteiger partial charge in [0.25, 0.3) is 0 Å². The van der Waals surface area contributed by atoms with Gasteiger partial charge in [0.2, 0.25) is 5.91 Å². The smallest absolute Gasteiger partial charge is 0.407 e. The molecule has 0 aromatic heterocycles. The lowest BCUT2D eigenvalue weighted by atomic mass is 10.0. The number of phenolic OH excluding ortho intramolecular Hbond substituents is 1. The second kappa shape index (κ2) is 10.4. The van der Waals surface area contributed by atoms with E-state index in [1.807, 2.05) is 6.07 Å². The van der Waals surface area contributed by atoms with Crippen LogP contribution in [0.15, 0.2) is 53.6 Å². The van der Waals surface area contributed by atoms with Gasteiger partial charge in [-0.25, -0.2) is 10.2 Å². The Hall–Kier alpha value is -3.95. The number of nitrogens with zero attached hydrogens (tertiary/aromatic N) is 2. The first-order valence-corrected chi connectivity index (χ1v) is 8.68. The van der Waals surface area contributed by atoms with Gasteiger partial charge in [0, 0.05) is 11.6 Å². The largest absolute Gasteiger partial charge is 0.502 e. The number of carbonyl (C=O) groups is 2. The van der Waals surface area contributed by atoms with E-state index in [1.54, 1.807) is 31.2 Å². The molecule has 2 amide bonds. The second-order valence-electron chi connectivity index (χ2n) is 5.83. The SMILES string of the molecule is CCOC(=O)N[C@H](CC(=O)N/N=C\c1ccc(O)c([N+](=O)[O-])c1)c1ccccc1. The molecule has 10 nitrogen and oxygen atoms in total. The molecule has 1 atom stereocenters. The molecule has 3 N–H and O–H groups in total. The summed E-state index contributed by atoms with van der Waals surface area (Å²) in [4.78, 5) is 34.1. The molecule has 0 radical (unpaired) electrons. The Bertz CT molecular complexity index is 901. The highest BCUT2D eigenvalue weighted by molar-refractivity contribution is 5.84. The number of amides is 2. The number of alkyl carbamates (subject to hydrolysis) is 1. The van der Waals surface area contributed by atoms with Gasteiger partial charge >= 0.3 is 11.8 Å². The van der Waals surface area contributed by atoms with Crippen molar-refractivity contribution in [3.8, 4) is 5.75 Å². The van der Waals surface area contributed by atoms with E-state index in [-0.39, 0.29) is 13.0 Å². The maximum atomic E-state index is 12.2. The van der Waals surface area contributed by atoms with E-state index in [2.05, 4.69) is 15.8 Å². The second-order valence-corrected chi connectivity index (χ2v) is 5.83. The van der Waals surface area contributed by atoms with Crippen molar-refractivity contribution >= 4 is 23.9 Å². The number of carbonyl (C=O) groups excluding carboxylic acids is 2. The third-order valence-electron chi connectivity index (χ3n) is 3.76. The number of phenols is 1. The van der Waals surface area contributed by atoms with E-state index >= 15 is 0 Å². The first-order chi connectivity index (χ1) is 13.9. The molecule has 0 heterocycles. The molecule has 2 aromatic carbocycles. The van der Waals surface area contributed by atoms with Crippen LogP contribution in [0.2, 0.25) is 0 Å². The summed E-state index contributed by atoms with van der Waals surface area (Å²) in [6.07, 6.45) is 0.463. The number of aromatic hydroxyl groups is 1. The van der Waals surface area contributed by atoms with Crippen molar-refractivity contribution in [3.63, 3.8) is 0 Å². The van der Waals surface area contributed by atoms with Crippen LogP contribution < -0.4 is 10.7 Å². The number of hydrogen-bond donors (Lipinski definition) is 3. The van der Waals surface area contributed by atoms with E-state index < -0.39 is 34.4 Å². The molecule has 0 saturated heterocycles. The maximum absolute atomic E-state index is 12.2. The van der Waals surface area contributed by atoms with Crippen LogP contribution in [0.1, 0.15) is 30.5 Å². The third-order valence-corrected chi connectivity index (χ3v) is 3.76. The zero-order valence-corrected chi connectivity index (χ0v) is 15.6. The number of nitro benzene ring substituents is 1. The molecule has 10 heteroatoms. The molecule has 2 rings (SSSR count). The zero-order chi connectivity index (χ0) is 21.2. The van der Waals surface area contributed by atoms with Crippen molar-refractivity contribution in [2.45, 2.75) is 19.4 Å². The topological polar surface area (TPSA) is 143 Å². The van der Waals surface area contributed by atoms with Crippen molar-refractivity contribution in [2.24, 2.45) is 5.10 Å². The minimum Gasteiger partial charge on any atom is -0.502 e. The maximum Gasteiger partial charge on any atom is 0.407 e. The number of hydrazone groups is 1. The molecule has 0 aliphatic rings. The van der Waals surface area contributed by atoms with Crippen molar-refractivity contribution in [3.05, 3.63) is 69.8 Å². The van der Waals surface area contributed by atoms with Crippen molar-refractivity contribution in [1.29, 1.82) is 0 Å². The van der Waals surface area contributed by atoms with Crippen LogP contribution in [0.25, 0.3) is 0 Å². The summed E-state index contributed by atoms with van der Waals surface area (Å²) in [6.45, 7) is 1.87. The van der Waals surface area contributed by atoms with Crippen LogP contribution in [0.3, 0.4) is 0 Å². The first kappa shape index (κ1) is 21.4. The molecular formula is C19H20N4O6. The summed E-state index contributed by atoms with van der Waals surface area (Å²) in [7, 11) is 0. The normalized spacial score (nSPS) is 11.6. The number of benzene rings is 2. The third kappa shape index (κ3) is 6.61. The summed E-state index contributed by atoms with van der Waals surface area (Å²) in [5.74, 6) is -0.952. The summed E-state index contributed by atoms with van der Waals surface area (Å²) in [5.41, 5.74) is 2.87.